The lowest BCUT2D eigenvalue weighted by molar-refractivity contribution is 0.127. The molecular weight excluding hydrogens is 251 g/mol. The van der Waals surface area contributed by atoms with E-state index in [9.17, 15) is 4.57 Å². The zero-order valence-corrected chi connectivity index (χ0v) is 12.3. The van der Waals surface area contributed by atoms with Crippen LogP contribution in [0.1, 0.15) is 26.2 Å². The number of allylic oxidation sites excluding steroid dienone is 3. The molecule has 0 fully saturated rings. The Labute approximate surface area is 110 Å². The third-order valence-corrected chi connectivity index (χ3v) is 3.61. The van der Waals surface area contributed by atoms with Gasteiger partial charge in [0.25, 0.3) is 0 Å². The molecule has 18 heavy (non-hydrogen) atoms. The Morgan fingerprint density at radius 2 is 1.78 bits per heavy atom. The highest BCUT2D eigenvalue weighted by Crippen LogP contribution is 2.49. The molecule has 4 nitrogen and oxygen atoms in total. The highest BCUT2D eigenvalue weighted by Gasteiger charge is 2.25. The average molecular weight is 274 g/mol. The van der Waals surface area contributed by atoms with Crippen molar-refractivity contribution in [1.82, 2.24) is 0 Å². The van der Waals surface area contributed by atoms with Crippen LogP contribution in [0, 0.1) is 0 Å². The summed E-state index contributed by atoms with van der Waals surface area (Å²) < 4.78 is 26.4. The third-order valence-electron chi connectivity index (χ3n) is 2.18. The quantitative estimate of drug-likeness (QED) is 0.441. The van der Waals surface area contributed by atoms with Crippen molar-refractivity contribution in [3.8, 4) is 0 Å². The van der Waals surface area contributed by atoms with Gasteiger partial charge in [-0.1, -0.05) is 37.3 Å². The lowest BCUT2D eigenvalue weighted by Crippen LogP contribution is -2.08. The molecule has 0 heterocycles. The predicted octanol–water partition coefficient (Wildman–Crippen LogP) is 4.26. The maximum absolute atomic E-state index is 11.7. The summed E-state index contributed by atoms with van der Waals surface area (Å²) in [4.78, 5) is 0. The van der Waals surface area contributed by atoms with Crippen molar-refractivity contribution in [1.29, 1.82) is 0 Å². The van der Waals surface area contributed by atoms with Crippen molar-refractivity contribution in [3.05, 3.63) is 37.0 Å². The first kappa shape index (κ1) is 17.3. The van der Waals surface area contributed by atoms with Gasteiger partial charge >= 0.3 is 7.82 Å². The maximum Gasteiger partial charge on any atom is 0.474 e. The van der Waals surface area contributed by atoms with Crippen molar-refractivity contribution in [2.45, 2.75) is 32.3 Å². The Morgan fingerprint density at radius 3 is 2.28 bits per heavy atom. The van der Waals surface area contributed by atoms with Gasteiger partial charge in [0, 0.05) is 14.2 Å². The van der Waals surface area contributed by atoms with Gasteiger partial charge in [-0.05, 0) is 19.3 Å². The summed E-state index contributed by atoms with van der Waals surface area (Å²) in [5.41, 5.74) is 0. The van der Waals surface area contributed by atoms with Crippen molar-refractivity contribution < 1.29 is 18.1 Å². The summed E-state index contributed by atoms with van der Waals surface area (Å²) in [5.74, 6) is 0. The molecule has 0 unspecified atom stereocenters. The Hall–Kier alpha value is -0.670. The molecule has 0 aliphatic rings. The lowest BCUT2D eigenvalue weighted by Gasteiger charge is -2.18. The highest BCUT2D eigenvalue weighted by molar-refractivity contribution is 7.48. The van der Waals surface area contributed by atoms with E-state index in [1.54, 1.807) is 6.08 Å². The molecule has 0 aromatic rings. The molecule has 0 radical (unpaired) electrons. The molecule has 0 aliphatic carbocycles. The van der Waals surface area contributed by atoms with Crippen LogP contribution in [0.3, 0.4) is 0 Å². The normalized spacial score (nSPS) is 14.4. The first-order chi connectivity index (χ1) is 8.61. The summed E-state index contributed by atoms with van der Waals surface area (Å²) in [7, 11) is -0.864. The van der Waals surface area contributed by atoms with Gasteiger partial charge < -0.3 is 0 Å². The first-order valence-electron chi connectivity index (χ1n) is 5.94. The number of hydrogen-bond acceptors (Lipinski definition) is 4. The molecule has 0 saturated carbocycles. The largest absolute Gasteiger partial charge is 0.474 e. The molecule has 0 amide bonds. The summed E-state index contributed by atoms with van der Waals surface area (Å²) >= 11 is 0. The molecule has 0 aromatic heterocycles. The average Bonchev–Trinajstić information content (AvgIpc) is 2.41. The fourth-order valence-electron chi connectivity index (χ4n) is 1.18. The van der Waals surface area contributed by atoms with E-state index in [-0.39, 0.29) is 6.10 Å². The minimum Gasteiger partial charge on any atom is -0.290 e. The minimum absolute atomic E-state index is 0.387. The van der Waals surface area contributed by atoms with Crippen LogP contribution in [0.2, 0.25) is 0 Å². The molecule has 1 atom stereocenters. The van der Waals surface area contributed by atoms with Crippen LogP contribution in [0.25, 0.3) is 0 Å². The van der Waals surface area contributed by atoms with Crippen LogP contribution in [0.4, 0.5) is 0 Å². The summed E-state index contributed by atoms with van der Waals surface area (Å²) in [5, 5.41) is 0. The Balaban J connectivity index is 4.16. The second-order valence-corrected chi connectivity index (χ2v) is 5.35. The van der Waals surface area contributed by atoms with Crippen LogP contribution in [0.15, 0.2) is 37.0 Å². The van der Waals surface area contributed by atoms with E-state index in [4.69, 9.17) is 13.6 Å². The fourth-order valence-corrected chi connectivity index (χ4v) is 2.00. The van der Waals surface area contributed by atoms with E-state index in [1.165, 1.54) is 14.2 Å². The molecule has 104 valence electrons. The zero-order chi connectivity index (χ0) is 13.9. The van der Waals surface area contributed by atoms with Crippen LogP contribution in [0.5, 0.6) is 0 Å². The number of phosphoric acid groups is 1. The van der Waals surface area contributed by atoms with E-state index in [1.807, 2.05) is 12.2 Å². The predicted molar refractivity (Wildman–Crippen MR) is 74.5 cm³/mol. The van der Waals surface area contributed by atoms with E-state index in [0.717, 1.165) is 12.8 Å². The lowest BCUT2D eigenvalue weighted by atomic mass is 10.2. The van der Waals surface area contributed by atoms with Gasteiger partial charge in [0.2, 0.25) is 0 Å². The zero-order valence-electron chi connectivity index (χ0n) is 11.4. The summed E-state index contributed by atoms with van der Waals surface area (Å²) in [6.07, 6.45) is 11.9. The molecule has 5 heteroatoms. The van der Waals surface area contributed by atoms with Gasteiger partial charge in [0.15, 0.2) is 0 Å². The van der Waals surface area contributed by atoms with E-state index in [2.05, 4.69) is 25.7 Å². The smallest absolute Gasteiger partial charge is 0.290 e. The van der Waals surface area contributed by atoms with Crippen molar-refractivity contribution >= 4 is 7.82 Å². The Morgan fingerprint density at radius 1 is 1.17 bits per heavy atom. The third kappa shape index (κ3) is 7.62. The molecule has 0 saturated heterocycles. The number of hydrogen-bond donors (Lipinski definition) is 0. The van der Waals surface area contributed by atoms with Crippen molar-refractivity contribution in [3.63, 3.8) is 0 Å². The number of rotatable bonds is 10. The highest BCUT2D eigenvalue weighted by atomic mass is 31.2. The summed E-state index contributed by atoms with van der Waals surface area (Å²) in [6, 6.07) is 0. The monoisotopic (exact) mass is 274 g/mol. The SMILES string of the molecule is C=C[C@H](C/C=C\C/C=C\CC)OP(=O)(OC)OC. The van der Waals surface area contributed by atoms with Crippen LogP contribution in [-0.4, -0.2) is 20.3 Å². The molecule has 0 aromatic carbocycles. The molecule has 0 N–H and O–H groups in total. The Bertz CT molecular complexity index is 315. The van der Waals surface area contributed by atoms with E-state index < -0.39 is 7.82 Å². The van der Waals surface area contributed by atoms with Crippen LogP contribution < -0.4 is 0 Å². The topological polar surface area (TPSA) is 44.8 Å². The Kier molecular flexibility index (Phi) is 9.89. The van der Waals surface area contributed by atoms with Crippen LogP contribution >= 0.6 is 7.82 Å². The van der Waals surface area contributed by atoms with Gasteiger partial charge in [-0.2, -0.15) is 0 Å². The molecule has 0 spiro atoms. The minimum atomic E-state index is -3.44. The molecule has 0 bridgehead atoms. The van der Waals surface area contributed by atoms with Gasteiger partial charge in [-0.3, -0.25) is 13.6 Å². The summed E-state index contributed by atoms with van der Waals surface area (Å²) in [6.45, 7) is 5.73. The van der Waals surface area contributed by atoms with Crippen molar-refractivity contribution in [2.24, 2.45) is 0 Å². The number of phosphoric ester groups is 1. The maximum atomic E-state index is 11.7. The van der Waals surface area contributed by atoms with Crippen molar-refractivity contribution in [2.75, 3.05) is 14.2 Å². The first-order valence-corrected chi connectivity index (χ1v) is 7.40. The second-order valence-electron chi connectivity index (χ2n) is 3.51. The molecular formula is C13H23O4P. The van der Waals surface area contributed by atoms with Gasteiger partial charge in [0.05, 0.1) is 6.10 Å². The standard InChI is InChI=1S/C13H23O4P/c1-5-7-8-9-10-11-12-13(6-2)17-18(14,15-3)16-4/h6-8,10-11,13H,2,5,9,12H2,1,3-4H3/b8-7-,11-10-/t13-/m1/s1. The molecule has 0 rings (SSSR count). The van der Waals surface area contributed by atoms with E-state index in [0.29, 0.717) is 6.42 Å². The molecule has 0 aliphatic heterocycles. The second kappa shape index (κ2) is 10.3. The van der Waals surface area contributed by atoms with Gasteiger partial charge in [-0.25, -0.2) is 4.57 Å². The van der Waals surface area contributed by atoms with Crippen LogP contribution in [-0.2, 0) is 18.1 Å². The van der Waals surface area contributed by atoms with E-state index >= 15 is 0 Å². The van der Waals surface area contributed by atoms with Gasteiger partial charge in [0.1, 0.15) is 0 Å². The van der Waals surface area contributed by atoms with Gasteiger partial charge in [-0.15, -0.1) is 6.58 Å². The fraction of sp³-hybridized carbons (Fsp3) is 0.538.